The normalized spacial score (nSPS) is 10.5. The Balaban J connectivity index is 1.80. The maximum absolute atomic E-state index is 12.1. The Kier molecular flexibility index (Phi) is 3.55. The summed E-state index contributed by atoms with van der Waals surface area (Å²) in [7, 11) is 0. The number of ether oxygens (including phenoxy) is 2. The molecule has 0 aliphatic heterocycles. The van der Waals surface area contributed by atoms with Crippen LogP contribution in [0, 0.1) is 0 Å². The average molecular weight is 283 g/mol. The van der Waals surface area contributed by atoms with Crippen molar-refractivity contribution in [2.24, 2.45) is 0 Å². The number of hydrogen-bond donors (Lipinski definition) is 0. The van der Waals surface area contributed by atoms with Crippen molar-refractivity contribution in [3.05, 3.63) is 54.4 Å². The summed E-state index contributed by atoms with van der Waals surface area (Å²) in [6.07, 6.45) is 1.35. The molecule has 0 spiro atoms. The molecule has 0 fully saturated rings. The van der Waals surface area contributed by atoms with E-state index in [9.17, 15) is 4.79 Å². The van der Waals surface area contributed by atoms with Crippen LogP contribution >= 0.6 is 0 Å². The molecule has 0 aliphatic carbocycles. The SMILES string of the molecule is CCOc1cccc(C(=O)Oc2ccc3ocnc3c2)c1. The fourth-order valence-electron chi connectivity index (χ4n) is 1.95. The molecular weight excluding hydrogens is 270 g/mol. The van der Waals surface area contributed by atoms with Crippen molar-refractivity contribution in [2.45, 2.75) is 6.92 Å². The van der Waals surface area contributed by atoms with Crippen LogP contribution in [0.2, 0.25) is 0 Å². The minimum Gasteiger partial charge on any atom is -0.494 e. The van der Waals surface area contributed by atoms with E-state index in [1.165, 1.54) is 6.39 Å². The molecule has 0 atom stereocenters. The predicted octanol–water partition coefficient (Wildman–Crippen LogP) is 3.45. The largest absolute Gasteiger partial charge is 0.494 e. The Bertz CT molecular complexity index is 779. The van der Waals surface area contributed by atoms with E-state index in [1.54, 1.807) is 42.5 Å². The van der Waals surface area contributed by atoms with Gasteiger partial charge in [-0.15, -0.1) is 0 Å². The van der Waals surface area contributed by atoms with E-state index in [0.29, 0.717) is 34.8 Å². The van der Waals surface area contributed by atoms with Crippen molar-refractivity contribution < 1.29 is 18.7 Å². The van der Waals surface area contributed by atoms with Gasteiger partial charge in [-0.3, -0.25) is 0 Å². The molecule has 1 heterocycles. The van der Waals surface area contributed by atoms with E-state index in [1.807, 2.05) is 6.92 Å². The zero-order valence-electron chi connectivity index (χ0n) is 11.4. The number of oxazole rings is 1. The summed E-state index contributed by atoms with van der Waals surface area (Å²) < 4.78 is 15.8. The van der Waals surface area contributed by atoms with Crippen LogP contribution in [0.3, 0.4) is 0 Å². The van der Waals surface area contributed by atoms with Crippen LogP contribution in [0.15, 0.2) is 53.3 Å². The van der Waals surface area contributed by atoms with Crippen LogP contribution in [0.4, 0.5) is 0 Å². The number of hydrogen-bond acceptors (Lipinski definition) is 5. The number of fused-ring (bicyclic) bond motifs is 1. The molecule has 106 valence electrons. The van der Waals surface area contributed by atoms with Crippen molar-refractivity contribution in [3.8, 4) is 11.5 Å². The van der Waals surface area contributed by atoms with Gasteiger partial charge in [-0.25, -0.2) is 9.78 Å². The second-order valence-electron chi connectivity index (χ2n) is 4.33. The van der Waals surface area contributed by atoms with Gasteiger partial charge in [-0.1, -0.05) is 6.07 Å². The number of carbonyl (C=O) groups excluding carboxylic acids is 1. The topological polar surface area (TPSA) is 61.6 Å². The third kappa shape index (κ3) is 2.86. The van der Waals surface area contributed by atoms with Crippen LogP contribution in [0.5, 0.6) is 11.5 Å². The maximum Gasteiger partial charge on any atom is 0.343 e. The molecule has 0 saturated carbocycles. The molecule has 0 saturated heterocycles. The molecule has 1 aromatic heterocycles. The second kappa shape index (κ2) is 5.66. The molecule has 0 radical (unpaired) electrons. The predicted molar refractivity (Wildman–Crippen MR) is 76.6 cm³/mol. The van der Waals surface area contributed by atoms with Gasteiger partial charge >= 0.3 is 5.97 Å². The summed E-state index contributed by atoms with van der Waals surface area (Å²) in [6.45, 7) is 2.43. The summed E-state index contributed by atoms with van der Waals surface area (Å²) in [6, 6.07) is 11.9. The van der Waals surface area contributed by atoms with Crippen molar-refractivity contribution in [1.82, 2.24) is 4.98 Å². The lowest BCUT2D eigenvalue weighted by molar-refractivity contribution is 0.0734. The monoisotopic (exact) mass is 283 g/mol. The molecule has 5 heteroatoms. The molecule has 3 rings (SSSR count). The van der Waals surface area contributed by atoms with Gasteiger partial charge in [-0.05, 0) is 37.3 Å². The van der Waals surface area contributed by atoms with E-state index in [2.05, 4.69) is 4.98 Å². The molecule has 0 unspecified atom stereocenters. The Morgan fingerprint density at radius 2 is 2.10 bits per heavy atom. The van der Waals surface area contributed by atoms with E-state index < -0.39 is 5.97 Å². The molecule has 21 heavy (non-hydrogen) atoms. The molecule has 3 aromatic rings. The first-order chi connectivity index (χ1) is 10.3. The van der Waals surface area contributed by atoms with Gasteiger partial charge in [0, 0.05) is 6.07 Å². The second-order valence-corrected chi connectivity index (χ2v) is 4.33. The maximum atomic E-state index is 12.1. The third-order valence-electron chi connectivity index (χ3n) is 2.89. The summed E-state index contributed by atoms with van der Waals surface area (Å²) in [5.74, 6) is 0.613. The first-order valence-electron chi connectivity index (χ1n) is 6.54. The highest BCUT2D eigenvalue weighted by Crippen LogP contribution is 2.21. The minimum atomic E-state index is -0.445. The first-order valence-corrected chi connectivity index (χ1v) is 6.54. The van der Waals surface area contributed by atoms with E-state index in [-0.39, 0.29) is 0 Å². The Morgan fingerprint density at radius 3 is 2.95 bits per heavy atom. The van der Waals surface area contributed by atoms with Crippen LogP contribution in [-0.4, -0.2) is 17.6 Å². The first kappa shape index (κ1) is 13.2. The number of aromatic nitrogens is 1. The van der Waals surface area contributed by atoms with Crippen LogP contribution in [0.1, 0.15) is 17.3 Å². The fourth-order valence-corrected chi connectivity index (χ4v) is 1.95. The lowest BCUT2D eigenvalue weighted by Crippen LogP contribution is -2.08. The van der Waals surface area contributed by atoms with Crippen molar-refractivity contribution in [1.29, 1.82) is 0 Å². The minimum absolute atomic E-state index is 0.420. The smallest absolute Gasteiger partial charge is 0.343 e. The molecule has 0 N–H and O–H groups in total. The molecular formula is C16H13NO4. The van der Waals surface area contributed by atoms with Gasteiger partial charge in [0.15, 0.2) is 12.0 Å². The standard InChI is InChI=1S/C16H13NO4/c1-2-19-12-5-3-4-11(8-12)16(18)21-13-6-7-15-14(9-13)17-10-20-15/h3-10H,2H2,1H3. The van der Waals surface area contributed by atoms with E-state index in [0.717, 1.165) is 0 Å². The quantitative estimate of drug-likeness (QED) is 0.542. The molecule has 0 aliphatic rings. The van der Waals surface area contributed by atoms with E-state index >= 15 is 0 Å². The molecule has 0 bridgehead atoms. The average Bonchev–Trinajstić information content (AvgIpc) is 2.95. The zero-order valence-corrected chi connectivity index (χ0v) is 11.4. The number of esters is 1. The van der Waals surface area contributed by atoms with Crippen molar-refractivity contribution in [3.63, 3.8) is 0 Å². The highest BCUT2D eigenvalue weighted by Gasteiger charge is 2.10. The Labute approximate surface area is 121 Å². The van der Waals surface area contributed by atoms with E-state index in [4.69, 9.17) is 13.9 Å². The van der Waals surface area contributed by atoms with Crippen molar-refractivity contribution in [2.75, 3.05) is 6.61 Å². The number of carbonyl (C=O) groups is 1. The van der Waals surface area contributed by atoms with Crippen LogP contribution in [-0.2, 0) is 0 Å². The number of nitrogens with zero attached hydrogens (tertiary/aromatic N) is 1. The molecule has 0 amide bonds. The highest BCUT2D eigenvalue weighted by atomic mass is 16.5. The van der Waals surface area contributed by atoms with Gasteiger partial charge in [0.25, 0.3) is 0 Å². The van der Waals surface area contributed by atoms with Gasteiger partial charge in [0.1, 0.15) is 17.0 Å². The van der Waals surface area contributed by atoms with Gasteiger partial charge < -0.3 is 13.9 Å². The third-order valence-corrected chi connectivity index (χ3v) is 2.89. The lowest BCUT2D eigenvalue weighted by atomic mass is 10.2. The zero-order chi connectivity index (χ0) is 14.7. The summed E-state index contributed by atoms with van der Waals surface area (Å²) in [5.41, 5.74) is 1.72. The number of rotatable bonds is 4. The number of benzene rings is 2. The molecule has 5 nitrogen and oxygen atoms in total. The molecule has 2 aromatic carbocycles. The summed E-state index contributed by atoms with van der Waals surface area (Å²) in [5, 5.41) is 0. The van der Waals surface area contributed by atoms with Gasteiger partial charge in [-0.2, -0.15) is 0 Å². The van der Waals surface area contributed by atoms with Gasteiger partial charge in [0.2, 0.25) is 0 Å². The van der Waals surface area contributed by atoms with Gasteiger partial charge in [0.05, 0.1) is 12.2 Å². The fraction of sp³-hybridized carbons (Fsp3) is 0.125. The highest BCUT2D eigenvalue weighted by molar-refractivity contribution is 5.91. The van der Waals surface area contributed by atoms with Crippen LogP contribution < -0.4 is 9.47 Å². The van der Waals surface area contributed by atoms with Crippen molar-refractivity contribution >= 4 is 17.1 Å². The van der Waals surface area contributed by atoms with Crippen LogP contribution in [0.25, 0.3) is 11.1 Å². The summed E-state index contributed by atoms with van der Waals surface area (Å²) in [4.78, 5) is 16.1. The summed E-state index contributed by atoms with van der Waals surface area (Å²) >= 11 is 0. The lowest BCUT2D eigenvalue weighted by Gasteiger charge is -2.06. The Morgan fingerprint density at radius 1 is 1.19 bits per heavy atom. The Hall–Kier alpha value is -2.82.